The molecule has 0 unspecified atom stereocenters. The zero-order chi connectivity index (χ0) is 14.8. The first-order valence-corrected chi connectivity index (χ1v) is 6.70. The number of fused-ring (bicyclic) bond motifs is 1. The lowest BCUT2D eigenvalue weighted by Crippen LogP contribution is -2.24. The molecule has 7 nitrogen and oxygen atoms in total. The number of nitrogens with one attached hydrogen (secondary N) is 2. The van der Waals surface area contributed by atoms with Crippen molar-refractivity contribution in [3.63, 3.8) is 0 Å². The Labute approximate surface area is 122 Å². The maximum absolute atomic E-state index is 11.4. The summed E-state index contributed by atoms with van der Waals surface area (Å²) in [5.74, 6) is 2.28. The molecular weight excluding hydrogens is 270 g/mol. The Morgan fingerprint density at radius 3 is 2.90 bits per heavy atom. The molecule has 110 valence electrons. The van der Waals surface area contributed by atoms with Gasteiger partial charge in [-0.05, 0) is 12.1 Å². The van der Waals surface area contributed by atoms with Crippen molar-refractivity contribution in [2.45, 2.75) is 6.54 Å². The molecule has 0 fully saturated rings. The Bertz CT molecular complexity index is 667. The van der Waals surface area contributed by atoms with Gasteiger partial charge in [0.1, 0.15) is 11.6 Å². The lowest BCUT2D eigenvalue weighted by atomic mass is 10.2. The average Bonchev–Trinajstić information content (AvgIpc) is 3.06. The van der Waals surface area contributed by atoms with E-state index >= 15 is 0 Å². The zero-order valence-electron chi connectivity index (χ0n) is 12.0. The number of anilines is 3. The minimum absolute atomic E-state index is 0.282. The summed E-state index contributed by atoms with van der Waals surface area (Å²) in [6.07, 6.45) is 0. The van der Waals surface area contributed by atoms with E-state index in [-0.39, 0.29) is 6.03 Å². The molecule has 3 rings (SSSR count). The van der Waals surface area contributed by atoms with Crippen LogP contribution in [-0.4, -0.2) is 36.5 Å². The van der Waals surface area contributed by atoms with Crippen molar-refractivity contribution >= 4 is 23.4 Å². The van der Waals surface area contributed by atoms with Crippen LogP contribution in [0.2, 0.25) is 0 Å². The van der Waals surface area contributed by atoms with Crippen molar-refractivity contribution in [3.05, 3.63) is 30.3 Å². The Hall–Kier alpha value is -2.70. The van der Waals surface area contributed by atoms with Gasteiger partial charge in [0.05, 0.1) is 19.3 Å². The topological polar surface area (TPSA) is 71.4 Å². The van der Waals surface area contributed by atoms with Gasteiger partial charge >= 0.3 is 6.03 Å². The third-order valence-electron chi connectivity index (χ3n) is 3.42. The van der Waals surface area contributed by atoms with Gasteiger partial charge in [-0.3, -0.25) is 5.32 Å². The minimum atomic E-state index is -0.282. The van der Waals surface area contributed by atoms with Gasteiger partial charge in [-0.15, -0.1) is 0 Å². The minimum Gasteiger partial charge on any atom is -0.495 e. The van der Waals surface area contributed by atoms with Crippen LogP contribution in [0.25, 0.3) is 0 Å². The predicted molar refractivity (Wildman–Crippen MR) is 80.3 cm³/mol. The largest absolute Gasteiger partial charge is 0.495 e. The number of urea groups is 1. The number of hydrogen-bond acceptors (Lipinski definition) is 4. The van der Waals surface area contributed by atoms with E-state index < -0.39 is 0 Å². The van der Waals surface area contributed by atoms with Crippen LogP contribution in [0.1, 0.15) is 0 Å². The van der Waals surface area contributed by atoms with E-state index in [9.17, 15) is 4.79 Å². The molecule has 0 saturated heterocycles. The molecule has 7 heteroatoms. The molecule has 0 spiro atoms. The number of benzene rings is 1. The second-order valence-electron chi connectivity index (χ2n) is 4.64. The van der Waals surface area contributed by atoms with Gasteiger partial charge < -0.3 is 15.0 Å². The molecule has 2 amide bonds. The fraction of sp³-hybridized carbons (Fsp3) is 0.286. The van der Waals surface area contributed by atoms with E-state index in [0.29, 0.717) is 5.82 Å². The summed E-state index contributed by atoms with van der Waals surface area (Å²) in [7, 11) is 3.23. The predicted octanol–water partition coefficient (Wildman–Crippen LogP) is 1.79. The monoisotopic (exact) mass is 287 g/mol. The van der Waals surface area contributed by atoms with Gasteiger partial charge in [0, 0.05) is 19.7 Å². The van der Waals surface area contributed by atoms with Crippen molar-refractivity contribution in [2.75, 3.05) is 30.9 Å². The zero-order valence-corrected chi connectivity index (χ0v) is 12.0. The first kappa shape index (κ1) is 13.3. The quantitative estimate of drug-likeness (QED) is 0.903. The number of para-hydroxylation sites is 2. The number of nitrogens with zero attached hydrogens (tertiary/aromatic N) is 3. The second kappa shape index (κ2) is 5.35. The van der Waals surface area contributed by atoms with Crippen molar-refractivity contribution in [3.8, 4) is 5.75 Å². The SMILES string of the molecule is CNC(=O)Nc1cc2n(n1)CCN2c1ccccc1OC. The number of aromatic nitrogens is 2. The number of carbonyl (C=O) groups excluding carboxylic acids is 1. The summed E-state index contributed by atoms with van der Waals surface area (Å²) in [5.41, 5.74) is 0.991. The van der Waals surface area contributed by atoms with Crippen LogP contribution < -0.4 is 20.3 Å². The van der Waals surface area contributed by atoms with Gasteiger partial charge in [0.25, 0.3) is 0 Å². The first-order chi connectivity index (χ1) is 10.2. The van der Waals surface area contributed by atoms with Crippen LogP contribution in [0.5, 0.6) is 5.75 Å². The average molecular weight is 287 g/mol. The third-order valence-corrected chi connectivity index (χ3v) is 3.42. The van der Waals surface area contributed by atoms with Crippen molar-refractivity contribution in [1.82, 2.24) is 15.1 Å². The normalized spacial score (nSPS) is 13.0. The Morgan fingerprint density at radius 2 is 2.14 bits per heavy atom. The number of ether oxygens (including phenoxy) is 1. The molecule has 2 aromatic rings. The highest BCUT2D eigenvalue weighted by molar-refractivity contribution is 5.88. The van der Waals surface area contributed by atoms with Gasteiger partial charge in [-0.2, -0.15) is 5.10 Å². The smallest absolute Gasteiger partial charge is 0.320 e. The van der Waals surface area contributed by atoms with Crippen molar-refractivity contribution < 1.29 is 9.53 Å². The molecule has 0 saturated carbocycles. The Kier molecular flexibility index (Phi) is 3.39. The molecule has 0 bridgehead atoms. The maximum atomic E-state index is 11.4. The van der Waals surface area contributed by atoms with Crippen LogP contribution in [0.15, 0.2) is 30.3 Å². The van der Waals surface area contributed by atoms with Crippen LogP contribution in [-0.2, 0) is 6.54 Å². The first-order valence-electron chi connectivity index (χ1n) is 6.70. The Morgan fingerprint density at radius 1 is 1.33 bits per heavy atom. The van der Waals surface area contributed by atoms with Crippen LogP contribution in [0.3, 0.4) is 0 Å². The summed E-state index contributed by atoms with van der Waals surface area (Å²) in [6, 6.07) is 9.42. The lowest BCUT2D eigenvalue weighted by molar-refractivity contribution is 0.254. The van der Waals surface area contributed by atoms with Gasteiger partial charge in [-0.1, -0.05) is 12.1 Å². The molecule has 0 atom stereocenters. The Balaban J connectivity index is 1.91. The van der Waals surface area contributed by atoms with E-state index in [2.05, 4.69) is 20.6 Å². The molecule has 1 aromatic carbocycles. The lowest BCUT2D eigenvalue weighted by Gasteiger charge is -2.19. The van der Waals surface area contributed by atoms with Gasteiger partial charge in [0.15, 0.2) is 5.82 Å². The van der Waals surface area contributed by atoms with E-state index in [1.165, 1.54) is 0 Å². The molecule has 1 aromatic heterocycles. The molecule has 1 aliphatic heterocycles. The van der Waals surface area contributed by atoms with Crippen molar-refractivity contribution in [2.24, 2.45) is 0 Å². The van der Waals surface area contributed by atoms with E-state index in [1.54, 1.807) is 14.2 Å². The van der Waals surface area contributed by atoms with Crippen molar-refractivity contribution in [1.29, 1.82) is 0 Å². The summed E-state index contributed by atoms with van der Waals surface area (Å²) in [5, 5.41) is 9.56. The summed E-state index contributed by atoms with van der Waals surface area (Å²) in [6.45, 7) is 1.59. The molecule has 2 heterocycles. The van der Waals surface area contributed by atoms with Crippen LogP contribution >= 0.6 is 0 Å². The highest BCUT2D eigenvalue weighted by Gasteiger charge is 2.25. The standard InChI is InChI=1S/C14H17N5O2/c1-15-14(20)16-12-9-13-18(7-8-19(13)17-12)10-5-3-4-6-11(10)21-2/h3-6,9H,7-8H2,1-2H3,(H2,15,16,17,20). The fourth-order valence-corrected chi connectivity index (χ4v) is 2.43. The number of rotatable bonds is 3. The maximum Gasteiger partial charge on any atom is 0.320 e. The van der Waals surface area contributed by atoms with Crippen LogP contribution in [0.4, 0.5) is 22.1 Å². The van der Waals surface area contributed by atoms with E-state index in [4.69, 9.17) is 4.74 Å². The second-order valence-corrected chi connectivity index (χ2v) is 4.64. The third kappa shape index (κ3) is 2.37. The highest BCUT2D eigenvalue weighted by Crippen LogP contribution is 2.37. The van der Waals surface area contributed by atoms with Crippen LogP contribution in [0, 0.1) is 0 Å². The summed E-state index contributed by atoms with van der Waals surface area (Å²) in [4.78, 5) is 13.5. The molecule has 21 heavy (non-hydrogen) atoms. The summed E-state index contributed by atoms with van der Waals surface area (Å²) < 4.78 is 7.28. The molecule has 1 aliphatic rings. The number of methoxy groups -OCH3 is 1. The van der Waals surface area contributed by atoms with Gasteiger partial charge in [0.2, 0.25) is 0 Å². The van der Waals surface area contributed by atoms with Gasteiger partial charge in [-0.25, -0.2) is 9.48 Å². The van der Waals surface area contributed by atoms with E-state index in [1.807, 2.05) is 35.0 Å². The summed E-state index contributed by atoms with van der Waals surface area (Å²) >= 11 is 0. The highest BCUT2D eigenvalue weighted by atomic mass is 16.5. The number of hydrogen-bond donors (Lipinski definition) is 2. The van der Waals surface area contributed by atoms with E-state index in [0.717, 1.165) is 30.3 Å². The molecule has 2 N–H and O–H groups in total. The molecular formula is C14H17N5O2. The number of amides is 2. The number of carbonyl (C=O) groups is 1. The molecule has 0 radical (unpaired) electrons. The fourth-order valence-electron chi connectivity index (χ4n) is 2.43. The molecule has 0 aliphatic carbocycles.